The minimum Gasteiger partial charge on any atom is -0.380 e. The number of sulfonamides is 1. The minimum atomic E-state index is -3.34. The van der Waals surface area contributed by atoms with Crippen LogP contribution in [0.3, 0.4) is 0 Å². The van der Waals surface area contributed by atoms with Crippen LogP contribution in [-0.2, 0) is 21.3 Å². The van der Waals surface area contributed by atoms with Crippen LogP contribution in [0.25, 0.3) is 0 Å². The summed E-state index contributed by atoms with van der Waals surface area (Å²) < 4.78 is 32.4. The fourth-order valence-electron chi connectivity index (χ4n) is 2.22. The fourth-order valence-corrected chi connectivity index (χ4v) is 5.05. The Kier molecular flexibility index (Phi) is 4.42. The van der Waals surface area contributed by atoms with Crippen molar-refractivity contribution in [1.82, 2.24) is 9.62 Å². The summed E-state index contributed by atoms with van der Waals surface area (Å²) in [6.45, 7) is 2.90. The van der Waals surface area contributed by atoms with E-state index < -0.39 is 10.0 Å². The molecule has 1 N–H and O–H groups in total. The monoisotopic (exact) mass is 316 g/mol. The number of thiophene rings is 1. The molecular weight excluding hydrogens is 296 g/mol. The molecule has 2 heterocycles. The third-order valence-corrected chi connectivity index (χ3v) is 6.94. The Hall–Kier alpha value is -0.470. The van der Waals surface area contributed by atoms with Crippen LogP contribution in [-0.4, -0.2) is 45.1 Å². The summed E-state index contributed by atoms with van der Waals surface area (Å²) in [5, 5.41) is 5.35. The lowest BCUT2D eigenvalue weighted by Crippen LogP contribution is -2.32. The SMILES string of the molecule is O=S(=O)(c1cc(CNC2CC2)cs1)N1CCCOCC1. The molecule has 1 saturated heterocycles. The zero-order valence-corrected chi connectivity index (χ0v) is 13.0. The Morgan fingerprint density at radius 1 is 1.35 bits per heavy atom. The Morgan fingerprint density at radius 2 is 2.20 bits per heavy atom. The van der Waals surface area contributed by atoms with Crippen LogP contribution in [0.5, 0.6) is 0 Å². The highest BCUT2D eigenvalue weighted by Gasteiger charge is 2.27. The molecule has 0 amide bonds. The van der Waals surface area contributed by atoms with Gasteiger partial charge in [0.05, 0.1) is 6.61 Å². The molecule has 7 heteroatoms. The van der Waals surface area contributed by atoms with E-state index in [4.69, 9.17) is 4.74 Å². The number of nitrogens with one attached hydrogen (secondary N) is 1. The molecule has 20 heavy (non-hydrogen) atoms. The maximum absolute atomic E-state index is 12.6. The van der Waals surface area contributed by atoms with Crippen molar-refractivity contribution in [2.45, 2.75) is 36.1 Å². The van der Waals surface area contributed by atoms with Gasteiger partial charge < -0.3 is 10.1 Å². The predicted octanol–water partition coefficient (Wildman–Crippen LogP) is 1.41. The molecule has 1 aliphatic heterocycles. The standard InChI is InChI=1S/C13H20N2O3S2/c16-20(17,15-4-1-6-18-7-5-15)13-8-11(10-19-13)9-14-12-2-3-12/h8,10,12,14H,1-7,9H2. The van der Waals surface area contributed by atoms with Gasteiger partial charge >= 0.3 is 0 Å². The van der Waals surface area contributed by atoms with Gasteiger partial charge in [0.1, 0.15) is 4.21 Å². The maximum atomic E-state index is 12.6. The third-order valence-electron chi connectivity index (χ3n) is 3.58. The molecule has 2 fully saturated rings. The molecule has 1 saturated carbocycles. The highest BCUT2D eigenvalue weighted by atomic mass is 32.2. The van der Waals surface area contributed by atoms with Crippen molar-refractivity contribution in [3.63, 3.8) is 0 Å². The van der Waals surface area contributed by atoms with Gasteiger partial charge in [0.25, 0.3) is 10.0 Å². The van der Waals surface area contributed by atoms with E-state index in [0.717, 1.165) is 18.5 Å². The van der Waals surface area contributed by atoms with Crippen LogP contribution in [0, 0.1) is 0 Å². The van der Waals surface area contributed by atoms with Crippen molar-refractivity contribution >= 4 is 21.4 Å². The zero-order chi connectivity index (χ0) is 14.0. The molecule has 0 bridgehead atoms. The molecular formula is C13H20N2O3S2. The fraction of sp³-hybridized carbons (Fsp3) is 0.692. The van der Waals surface area contributed by atoms with Gasteiger partial charge in [-0.3, -0.25) is 0 Å². The average molecular weight is 316 g/mol. The molecule has 5 nitrogen and oxygen atoms in total. The second-order valence-corrected chi connectivity index (χ2v) is 8.38. The van der Waals surface area contributed by atoms with Crippen LogP contribution < -0.4 is 5.32 Å². The van der Waals surface area contributed by atoms with Crippen molar-refractivity contribution in [3.05, 3.63) is 17.0 Å². The van der Waals surface area contributed by atoms with Crippen LogP contribution in [0.2, 0.25) is 0 Å². The first-order valence-corrected chi connectivity index (χ1v) is 9.37. The van der Waals surface area contributed by atoms with Crippen LogP contribution >= 0.6 is 11.3 Å². The van der Waals surface area contributed by atoms with E-state index in [1.807, 2.05) is 5.38 Å². The highest BCUT2D eigenvalue weighted by Crippen LogP contribution is 2.26. The molecule has 2 aliphatic rings. The molecule has 0 aromatic carbocycles. The average Bonchev–Trinajstić information content (AvgIpc) is 3.19. The molecule has 3 rings (SSSR count). The van der Waals surface area contributed by atoms with E-state index in [-0.39, 0.29) is 0 Å². The number of hydrogen-bond acceptors (Lipinski definition) is 5. The lowest BCUT2D eigenvalue weighted by atomic mass is 10.3. The summed E-state index contributed by atoms with van der Waals surface area (Å²) >= 11 is 1.32. The summed E-state index contributed by atoms with van der Waals surface area (Å²) in [5.41, 5.74) is 1.06. The number of hydrogen-bond donors (Lipinski definition) is 1. The molecule has 0 radical (unpaired) electrons. The van der Waals surface area contributed by atoms with E-state index in [2.05, 4.69) is 5.32 Å². The van der Waals surface area contributed by atoms with Gasteiger partial charge in [-0.15, -0.1) is 11.3 Å². The van der Waals surface area contributed by atoms with Crippen molar-refractivity contribution in [2.24, 2.45) is 0 Å². The van der Waals surface area contributed by atoms with Crippen molar-refractivity contribution in [1.29, 1.82) is 0 Å². The van der Waals surface area contributed by atoms with E-state index in [1.54, 1.807) is 10.4 Å². The summed E-state index contributed by atoms with van der Waals surface area (Å²) in [6, 6.07) is 2.44. The third kappa shape index (κ3) is 3.40. The summed E-state index contributed by atoms with van der Waals surface area (Å²) in [6.07, 6.45) is 3.24. The summed E-state index contributed by atoms with van der Waals surface area (Å²) in [7, 11) is -3.34. The van der Waals surface area contributed by atoms with Gasteiger partial charge in [0.15, 0.2) is 0 Å². The van der Waals surface area contributed by atoms with Gasteiger partial charge in [-0.2, -0.15) is 4.31 Å². The highest BCUT2D eigenvalue weighted by molar-refractivity contribution is 7.91. The normalized spacial score (nSPS) is 21.8. The molecule has 112 valence electrons. The Bertz CT molecular complexity index is 544. The lowest BCUT2D eigenvalue weighted by Gasteiger charge is -2.17. The first kappa shape index (κ1) is 14.5. The summed E-state index contributed by atoms with van der Waals surface area (Å²) in [4.78, 5) is 0. The van der Waals surface area contributed by atoms with Crippen molar-refractivity contribution < 1.29 is 13.2 Å². The first-order chi connectivity index (χ1) is 9.66. The van der Waals surface area contributed by atoms with E-state index in [0.29, 0.717) is 36.6 Å². The van der Waals surface area contributed by atoms with E-state index >= 15 is 0 Å². The lowest BCUT2D eigenvalue weighted by molar-refractivity contribution is 0.148. The predicted molar refractivity (Wildman–Crippen MR) is 78.4 cm³/mol. The Labute approximate surface area is 124 Å². The largest absolute Gasteiger partial charge is 0.380 e. The first-order valence-electron chi connectivity index (χ1n) is 7.05. The van der Waals surface area contributed by atoms with E-state index in [9.17, 15) is 8.42 Å². The summed E-state index contributed by atoms with van der Waals surface area (Å²) in [5.74, 6) is 0. The van der Waals surface area contributed by atoms with Crippen LogP contribution in [0.1, 0.15) is 24.8 Å². The van der Waals surface area contributed by atoms with Gasteiger partial charge in [-0.25, -0.2) is 8.42 Å². The van der Waals surface area contributed by atoms with Crippen molar-refractivity contribution in [3.8, 4) is 0 Å². The van der Waals surface area contributed by atoms with E-state index in [1.165, 1.54) is 24.2 Å². The maximum Gasteiger partial charge on any atom is 0.252 e. The second kappa shape index (κ2) is 6.11. The minimum absolute atomic E-state index is 0.451. The molecule has 0 atom stereocenters. The molecule has 1 aromatic rings. The Morgan fingerprint density at radius 3 is 3.00 bits per heavy atom. The van der Waals surface area contributed by atoms with Gasteiger partial charge in [-0.05, 0) is 36.3 Å². The van der Waals surface area contributed by atoms with Crippen LogP contribution in [0.15, 0.2) is 15.7 Å². The number of rotatable bonds is 5. The van der Waals surface area contributed by atoms with Gasteiger partial charge in [0.2, 0.25) is 0 Å². The molecule has 0 spiro atoms. The smallest absolute Gasteiger partial charge is 0.252 e. The van der Waals surface area contributed by atoms with Gasteiger partial charge in [0, 0.05) is 32.3 Å². The number of nitrogens with zero attached hydrogens (tertiary/aromatic N) is 1. The Balaban J connectivity index is 1.69. The quantitative estimate of drug-likeness (QED) is 0.892. The molecule has 0 unspecified atom stereocenters. The van der Waals surface area contributed by atoms with Gasteiger partial charge in [-0.1, -0.05) is 0 Å². The number of ether oxygens (including phenoxy) is 1. The zero-order valence-electron chi connectivity index (χ0n) is 11.4. The molecule has 1 aliphatic carbocycles. The second-order valence-electron chi connectivity index (χ2n) is 5.30. The van der Waals surface area contributed by atoms with Crippen LogP contribution in [0.4, 0.5) is 0 Å². The van der Waals surface area contributed by atoms with Crippen molar-refractivity contribution in [2.75, 3.05) is 26.3 Å². The topological polar surface area (TPSA) is 58.6 Å². The molecule has 1 aromatic heterocycles.